The van der Waals surface area contributed by atoms with E-state index >= 15 is 0 Å². The molecule has 4 heteroatoms. The molecule has 17 heavy (non-hydrogen) atoms. The standard InChI is InChI=1S/C13H13ClN2O/c1-3-9-6-10(4-5-12(9)17-2)11-7-15-13(14)16-8-11/h4-8H,3H2,1-2H3. The van der Waals surface area contributed by atoms with Gasteiger partial charge in [0.15, 0.2) is 0 Å². The summed E-state index contributed by atoms with van der Waals surface area (Å²) in [6, 6.07) is 6.04. The highest BCUT2D eigenvalue weighted by molar-refractivity contribution is 6.28. The van der Waals surface area contributed by atoms with Crippen molar-refractivity contribution >= 4 is 11.6 Å². The fourth-order valence-electron chi connectivity index (χ4n) is 1.70. The maximum absolute atomic E-state index is 5.66. The first-order valence-corrected chi connectivity index (χ1v) is 5.77. The molecule has 88 valence electrons. The van der Waals surface area contributed by atoms with Crippen LogP contribution in [0.3, 0.4) is 0 Å². The van der Waals surface area contributed by atoms with E-state index in [1.165, 1.54) is 5.56 Å². The van der Waals surface area contributed by atoms with Gasteiger partial charge < -0.3 is 4.74 Å². The zero-order valence-electron chi connectivity index (χ0n) is 9.77. The molecule has 0 fully saturated rings. The quantitative estimate of drug-likeness (QED) is 0.782. The molecular weight excluding hydrogens is 236 g/mol. The lowest BCUT2D eigenvalue weighted by molar-refractivity contribution is 0.410. The molecule has 0 amide bonds. The molecule has 2 aromatic rings. The Morgan fingerprint density at radius 3 is 2.47 bits per heavy atom. The summed E-state index contributed by atoms with van der Waals surface area (Å²) >= 11 is 5.66. The first kappa shape index (κ1) is 11.9. The van der Waals surface area contributed by atoms with Crippen LogP contribution >= 0.6 is 11.6 Å². The van der Waals surface area contributed by atoms with E-state index in [1.807, 2.05) is 12.1 Å². The monoisotopic (exact) mass is 248 g/mol. The van der Waals surface area contributed by atoms with Crippen LogP contribution < -0.4 is 4.74 Å². The third-order valence-electron chi connectivity index (χ3n) is 2.61. The molecule has 1 aromatic carbocycles. The van der Waals surface area contributed by atoms with Crippen molar-refractivity contribution in [3.05, 3.63) is 41.4 Å². The molecule has 0 unspecified atom stereocenters. The molecule has 0 spiro atoms. The molecule has 0 aliphatic carbocycles. The summed E-state index contributed by atoms with van der Waals surface area (Å²) in [5.74, 6) is 0.908. The maximum atomic E-state index is 5.66. The van der Waals surface area contributed by atoms with Crippen LogP contribution in [0.25, 0.3) is 11.1 Å². The molecule has 0 bridgehead atoms. The molecule has 0 saturated heterocycles. The normalized spacial score (nSPS) is 10.3. The van der Waals surface area contributed by atoms with Crippen molar-refractivity contribution in [1.82, 2.24) is 9.97 Å². The van der Waals surface area contributed by atoms with Gasteiger partial charge >= 0.3 is 0 Å². The summed E-state index contributed by atoms with van der Waals surface area (Å²) in [5, 5.41) is 0.262. The number of nitrogens with zero attached hydrogens (tertiary/aromatic N) is 2. The van der Waals surface area contributed by atoms with Crippen molar-refractivity contribution in [2.75, 3.05) is 7.11 Å². The Morgan fingerprint density at radius 1 is 1.18 bits per heavy atom. The molecule has 3 nitrogen and oxygen atoms in total. The zero-order valence-corrected chi connectivity index (χ0v) is 10.5. The Bertz CT molecular complexity index is 511. The highest BCUT2D eigenvalue weighted by atomic mass is 35.5. The highest BCUT2D eigenvalue weighted by Gasteiger charge is 2.05. The lowest BCUT2D eigenvalue weighted by atomic mass is 10.0. The minimum absolute atomic E-state index is 0.262. The molecule has 2 rings (SSSR count). The number of aryl methyl sites for hydroxylation is 1. The molecule has 0 aliphatic heterocycles. The van der Waals surface area contributed by atoms with E-state index in [1.54, 1.807) is 19.5 Å². The van der Waals surface area contributed by atoms with Gasteiger partial charge in [0.1, 0.15) is 5.75 Å². The van der Waals surface area contributed by atoms with Crippen molar-refractivity contribution in [1.29, 1.82) is 0 Å². The zero-order chi connectivity index (χ0) is 12.3. The second kappa shape index (κ2) is 5.15. The van der Waals surface area contributed by atoms with Crippen LogP contribution in [0.15, 0.2) is 30.6 Å². The fourth-order valence-corrected chi connectivity index (χ4v) is 1.79. The van der Waals surface area contributed by atoms with Crippen LogP contribution in [-0.4, -0.2) is 17.1 Å². The Kier molecular flexibility index (Phi) is 3.59. The van der Waals surface area contributed by atoms with E-state index in [0.29, 0.717) is 0 Å². The van der Waals surface area contributed by atoms with Gasteiger partial charge in [0.25, 0.3) is 0 Å². The van der Waals surface area contributed by atoms with Gasteiger partial charge in [-0.25, -0.2) is 9.97 Å². The molecule has 1 heterocycles. The second-order valence-corrected chi connectivity index (χ2v) is 3.96. The summed E-state index contributed by atoms with van der Waals surface area (Å²) in [6.45, 7) is 2.10. The number of benzene rings is 1. The summed E-state index contributed by atoms with van der Waals surface area (Å²) in [5.41, 5.74) is 3.19. The molecule has 0 aliphatic rings. The van der Waals surface area contributed by atoms with Gasteiger partial charge in [-0.15, -0.1) is 0 Å². The lowest BCUT2D eigenvalue weighted by Gasteiger charge is -2.09. The van der Waals surface area contributed by atoms with E-state index in [4.69, 9.17) is 16.3 Å². The summed E-state index contributed by atoms with van der Waals surface area (Å²) in [7, 11) is 1.68. The number of methoxy groups -OCH3 is 1. The van der Waals surface area contributed by atoms with Gasteiger partial charge in [0.05, 0.1) is 7.11 Å². The Hall–Kier alpha value is -1.61. The van der Waals surface area contributed by atoms with Crippen molar-refractivity contribution in [2.24, 2.45) is 0 Å². The van der Waals surface area contributed by atoms with Crippen molar-refractivity contribution in [3.8, 4) is 16.9 Å². The molecule has 0 radical (unpaired) electrons. The van der Waals surface area contributed by atoms with Crippen molar-refractivity contribution in [3.63, 3.8) is 0 Å². The second-order valence-electron chi connectivity index (χ2n) is 3.62. The fraction of sp³-hybridized carbons (Fsp3) is 0.231. The molecular formula is C13H13ClN2O. The predicted octanol–water partition coefficient (Wildman–Crippen LogP) is 3.37. The molecule has 0 atom stereocenters. The van der Waals surface area contributed by atoms with E-state index in [2.05, 4.69) is 23.0 Å². The van der Waals surface area contributed by atoms with Crippen LogP contribution in [0.5, 0.6) is 5.75 Å². The third kappa shape index (κ3) is 2.56. The number of rotatable bonds is 3. The number of aromatic nitrogens is 2. The van der Waals surface area contributed by atoms with Crippen molar-refractivity contribution in [2.45, 2.75) is 13.3 Å². The number of halogens is 1. The summed E-state index contributed by atoms with van der Waals surface area (Å²) in [4.78, 5) is 7.95. The Morgan fingerprint density at radius 2 is 1.88 bits per heavy atom. The van der Waals surface area contributed by atoms with E-state index in [0.717, 1.165) is 23.3 Å². The van der Waals surface area contributed by atoms with Gasteiger partial charge in [-0.3, -0.25) is 0 Å². The predicted molar refractivity (Wildman–Crippen MR) is 68.4 cm³/mol. The minimum Gasteiger partial charge on any atom is -0.496 e. The van der Waals surface area contributed by atoms with E-state index in [-0.39, 0.29) is 5.28 Å². The van der Waals surface area contributed by atoms with Gasteiger partial charge in [-0.2, -0.15) is 0 Å². The molecule has 0 N–H and O–H groups in total. The number of ether oxygens (including phenoxy) is 1. The topological polar surface area (TPSA) is 35.0 Å². The lowest BCUT2D eigenvalue weighted by Crippen LogP contribution is -1.92. The van der Waals surface area contributed by atoms with E-state index in [9.17, 15) is 0 Å². The Labute approximate surface area is 105 Å². The number of hydrogen-bond acceptors (Lipinski definition) is 3. The highest BCUT2D eigenvalue weighted by Crippen LogP contribution is 2.26. The van der Waals surface area contributed by atoms with Crippen LogP contribution in [0, 0.1) is 0 Å². The van der Waals surface area contributed by atoms with Crippen LogP contribution in [-0.2, 0) is 6.42 Å². The molecule has 1 aromatic heterocycles. The largest absolute Gasteiger partial charge is 0.496 e. The van der Waals surface area contributed by atoms with Crippen molar-refractivity contribution < 1.29 is 4.74 Å². The van der Waals surface area contributed by atoms with Crippen LogP contribution in [0.2, 0.25) is 5.28 Å². The first-order chi connectivity index (χ1) is 8.24. The molecule has 0 saturated carbocycles. The average Bonchev–Trinajstić information content (AvgIpc) is 2.39. The summed E-state index contributed by atoms with van der Waals surface area (Å²) in [6.07, 6.45) is 4.36. The summed E-state index contributed by atoms with van der Waals surface area (Å²) < 4.78 is 5.29. The van der Waals surface area contributed by atoms with Crippen LogP contribution in [0.1, 0.15) is 12.5 Å². The SMILES string of the molecule is CCc1cc(-c2cnc(Cl)nc2)ccc1OC. The Balaban J connectivity index is 2.42. The van der Waals surface area contributed by atoms with E-state index < -0.39 is 0 Å². The minimum atomic E-state index is 0.262. The maximum Gasteiger partial charge on any atom is 0.222 e. The van der Waals surface area contributed by atoms with Gasteiger partial charge in [0.2, 0.25) is 5.28 Å². The smallest absolute Gasteiger partial charge is 0.222 e. The van der Waals surface area contributed by atoms with Gasteiger partial charge in [-0.05, 0) is 41.3 Å². The number of hydrogen-bond donors (Lipinski definition) is 0. The average molecular weight is 249 g/mol. The third-order valence-corrected chi connectivity index (χ3v) is 2.81. The first-order valence-electron chi connectivity index (χ1n) is 5.39. The van der Waals surface area contributed by atoms with Gasteiger partial charge in [0, 0.05) is 18.0 Å². The van der Waals surface area contributed by atoms with Gasteiger partial charge in [-0.1, -0.05) is 13.0 Å². The van der Waals surface area contributed by atoms with Crippen LogP contribution in [0.4, 0.5) is 0 Å².